The standard InChI is InChI=1S/C14H20N2/c1-10(2)13-12(14(3,4)5)11-8-6-7-9-16(11)15-13/h6-10H,1-5H3. The SMILES string of the molecule is CC(C)c1nn2ccccc2c1C(C)(C)C. The van der Waals surface area contributed by atoms with Gasteiger partial charge in [0.15, 0.2) is 0 Å². The molecule has 0 atom stereocenters. The number of aromatic nitrogens is 2. The maximum Gasteiger partial charge on any atom is 0.0701 e. The zero-order chi connectivity index (χ0) is 11.9. The summed E-state index contributed by atoms with van der Waals surface area (Å²) in [6, 6.07) is 6.26. The molecule has 0 N–H and O–H groups in total. The predicted octanol–water partition coefficient (Wildman–Crippen LogP) is 3.76. The Balaban J connectivity index is 2.80. The summed E-state index contributed by atoms with van der Waals surface area (Å²) in [4.78, 5) is 0. The van der Waals surface area contributed by atoms with Gasteiger partial charge in [-0.05, 0) is 23.5 Å². The van der Waals surface area contributed by atoms with E-state index in [-0.39, 0.29) is 5.41 Å². The first kappa shape index (κ1) is 11.2. The number of fused-ring (bicyclic) bond motifs is 1. The quantitative estimate of drug-likeness (QED) is 0.709. The van der Waals surface area contributed by atoms with Crippen molar-refractivity contribution in [1.29, 1.82) is 0 Å². The third-order valence-electron chi connectivity index (χ3n) is 2.86. The van der Waals surface area contributed by atoms with Crippen molar-refractivity contribution in [2.75, 3.05) is 0 Å². The van der Waals surface area contributed by atoms with E-state index in [1.54, 1.807) is 0 Å². The number of hydrogen-bond acceptors (Lipinski definition) is 1. The molecule has 0 amide bonds. The summed E-state index contributed by atoms with van der Waals surface area (Å²) in [6.07, 6.45) is 2.02. The van der Waals surface area contributed by atoms with E-state index in [0.29, 0.717) is 5.92 Å². The molecule has 0 unspecified atom stereocenters. The monoisotopic (exact) mass is 216 g/mol. The molecule has 2 heteroatoms. The maximum absolute atomic E-state index is 4.70. The van der Waals surface area contributed by atoms with E-state index in [2.05, 4.69) is 46.8 Å². The Labute approximate surface area is 97.3 Å². The van der Waals surface area contributed by atoms with Crippen molar-refractivity contribution < 1.29 is 0 Å². The van der Waals surface area contributed by atoms with Crippen molar-refractivity contribution in [3.8, 4) is 0 Å². The first-order valence-corrected chi connectivity index (χ1v) is 5.89. The Kier molecular flexibility index (Phi) is 2.53. The summed E-state index contributed by atoms with van der Waals surface area (Å²) in [5.41, 5.74) is 3.98. The molecule has 0 aromatic carbocycles. The summed E-state index contributed by atoms with van der Waals surface area (Å²) in [5, 5.41) is 4.70. The summed E-state index contributed by atoms with van der Waals surface area (Å²) in [7, 11) is 0. The summed E-state index contributed by atoms with van der Waals surface area (Å²) in [6.45, 7) is 11.2. The Bertz CT molecular complexity index is 501. The first-order chi connectivity index (χ1) is 7.41. The minimum Gasteiger partial charge on any atom is -0.240 e. The molecule has 0 aliphatic carbocycles. The molecule has 16 heavy (non-hydrogen) atoms. The molecule has 0 spiro atoms. The number of hydrogen-bond donors (Lipinski definition) is 0. The fourth-order valence-electron chi connectivity index (χ4n) is 2.19. The second-order valence-corrected chi connectivity index (χ2v) is 5.70. The lowest BCUT2D eigenvalue weighted by Crippen LogP contribution is -2.14. The van der Waals surface area contributed by atoms with Gasteiger partial charge in [0.1, 0.15) is 0 Å². The van der Waals surface area contributed by atoms with E-state index in [4.69, 9.17) is 5.10 Å². The molecule has 0 radical (unpaired) electrons. The van der Waals surface area contributed by atoms with E-state index in [9.17, 15) is 0 Å². The van der Waals surface area contributed by atoms with Gasteiger partial charge in [0.2, 0.25) is 0 Å². The molecule has 2 aromatic heterocycles. The fourth-order valence-corrected chi connectivity index (χ4v) is 2.19. The molecule has 86 valence electrons. The Morgan fingerprint density at radius 1 is 1.19 bits per heavy atom. The van der Waals surface area contributed by atoms with Crippen molar-refractivity contribution in [3.05, 3.63) is 35.7 Å². The highest BCUT2D eigenvalue weighted by atomic mass is 15.2. The smallest absolute Gasteiger partial charge is 0.0701 e. The van der Waals surface area contributed by atoms with Crippen molar-refractivity contribution in [2.24, 2.45) is 0 Å². The van der Waals surface area contributed by atoms with Crippen LogP contribution in [-0.2, 0) is 5.41 Å². The molecule has 2 aromatic rings. The summed E-state index contributed by atoms with van der Waals surface area (Å²) in [5.74, 6) is 0.467. The normalized spacial score (nSPS) is 12.6. The molecule has 2 nitrogen and oxygen atoms in total. The molecule has 0 saturated heterocycles. The van der Waals surface area contributed by atoms with Crippen LogP contribution in [0.15, 0.2) is 24.4 Å². The van der Waals surface area contributed by atoms with Crippen molar-refractivity contribution in [3.63, 3.8) is 0 Å². The molecule has 2 rings (SSSR count). The molecule has 0 fully saturated rings. The lowest BCUT2D eigenvalue weighted by Gasteiger charge is -2.20. The molecule has 2 heterocycles. The van der Waals surface area contributed by atoms with Crippen LogP contribution in [-0.4, -0.2) is 9.61 Å². The van der Waals surface area contributed by atoms with Crippen LogP contribution >= 0.6 is 0 Å². The van der Waals surface area contributed by atoms with Gasteiger partial charge >= 0.3 is 0 Å². The lowest BCUT2D eigenvalue weighted by atomic mass is 9.83. The van der Waals surface area contributed by atoms with Crippen molar-refractivity contribution in [1.82, 2.24) is 9.61 Å². The third kappa shape index (κ3) is 1.73. The number of rotatable bonds is 1. The lowest BCUT2D eigenvalue weighted by molar-refractivity contribution is 0.581. The van der Waals surface area contributed by atoms with Gasteiger partial charge in [-0.3, -0.25) is 0 Å². The van der Waals surface area contributed by atoms with Crippen LogP contribution in [0, 0.1) is 0 Å². The second kappa shape index (κ2) is 3.62. The van der Waals surface area contributed by atoms with Crippen LogP contribution in [0.2, 0.25) is 0 Å². The first-order valence-electron chi connectivity index (χ1n) is 5.89. The zero-order valence-electron chi connectivity index (χ0n) is 10.8. The van der Waals surface area contributed by atoms with Crippen LogP contribution < -0.4 is 0 Å². The van der Waals surface area contributed by atoms with Crippen LogP contribution in [0.1, 0.15) is 51.8 Å². The van der Waals surface area contributed by atoms with Gasteiger partial charge in [-0.2, -0.15) is 5.10 Å². The number of nitrogens with zero attached hydrogens (tertiary/aromatic N) is 2. The molecule has 0 saturated carbocycles. The van der Waals surface area contributed by atoms with E-state index in [0.717, 1.165) is 0 Å². The molecular weight excluding hydrogens is 196 g/mol. The average molecular weight is 216 g/mol. The average Bonchev–Trinajstić information content (AvgIpc) is 2.55. The Hall–Kier alpha value is -1.31. The van der Waals surface area contributed by atoms with Gasteiger partial charge in [0.25, 0.3) is 0 Å². The van der Waals surface area contributed by atoms with E-state index in [1.165, 1.54) is 16.8 Å². The van der Waals surface area contributed by atoms with Crippen molar-refractivity contribution >= 4 is 5.52 Å². The van der Waals surface area contributed by atoms with Crippen molar-refractivity contribution in [2.45, 2.75) is 46.0 Å². The molecular formula is C14H20N2. The van der Waals surface area contributed by atoms with E-state index >= 15 is 0 Å². The van der Waals surface area contributed by atoms with Crippen LogP contribution in [0.3, 0.4) is 0 Å². The largest absolute Gasteiger partial charge is 0.240 e. The maximum atomic E-state index is 4.70. The van der Waals surface area contributed by atoms with Crippen LogP contribution in [0.25, 0.3) is 5.52 Å². The van der Waals surface area contributed by atoms with Crippen LogP contribution in [0.4, 0.5) is 0 Å². The Morgan fingerprint density at radius 2 is 1.88 bits per heavy atom. The highest BCUT2D eigenvalue weighted by Crippen LogP contribution is 2.33. The fraction of sp³-hybridized carbons (Fsp3) is 0.500. The summed E-state index contributed by atoms with van der Waals surface area (Å²) < 4.78 is 2.00. The number of pyridine rings is 1. The van der Waals surface area contributed by atoms with Gasteiger partial charge in [0.05, 0.1) is 11.2 Å². The topological polar surface area (TPSA) is 17.3 Å². The highest BCUT2D eigenvalue weighted by Gasteiger charge is 2.25. The third-order valence-corrected chi connectivity index (χ3v) is 2.86. The van der Waals surface area contributed by atoms with Gasteiger partial charge in [-0.1, -0.05) is 40.7 Å². The highest BCUT2D eigenvalue weighted by molar-refractivity contribution is 5.60. The second-order valence-electron chi connectivity index (χ2n) is 5.70. The predicted molar refractivity (Wildman–Crippen MR) is 68.0 cm³/mol. The van der Waals surface area contributed by atoms with Gasteiger partial charge in [0, 0.05) is 11.8 Å². The van der Waals surface area contributed by atoms with E-state index in [1.807, 2.05) is 16.8 Å². The Morgan fingerprint density at radius 3 is 2.44 bits per heavy atom. The molecule has 0 aliphatic heterocycles. The minimum atomic E-state index is 0.142. The molecule has 0 aliphatic rings. The van der Waals surface area contributed by atoms with E-state index < -0.39 is 0 Å². The minimum absolute atomic E-state index is 0.142. The van der Waals surface area contributed by atoms with Gasteiger partial charge < -0.3 is 0 Å². The summed E-state index contributed by atoms with van der Waals surface area (Å²) >= 11 is 0. The zero-order valence-corrected chi connectivity index (χ0v) is 10.8. The molecule has 0 bridgehead atoms. The van der Waals surface area contributed by atoms with Crippen LogP contribution in [0.5, 0.6) is 0 Å². The van der Waals surface area contributed by atoms with Gasteiger partial charge in [-0.25, -0.2) is 4.52 Å². The van der Waals surface area contributed by atoms with Gasteiger partial charge in [-0.15, -0.1) is 0 Å².